The van der Waals surface area contributed by atoms with Crippen LogP contribution in [0.2, 0.25) is 0 Å². The van der Waals surface area contributed by atoms with Crippen LogP contribution in [0.15, 0.2) is 48.5 Å². The monoisotopic (exact) mass is 491 g/mol. The van der Waals surface area contributed by atoms with E-state index in [-0.39, 0.29) is 18.4 Å². The van der Waals surface area contributed by atoms with E-state index >= 15 is 0 Å². The van der Waals surface area contributed by atoms with Crippen molar-refractivity contribution in [2.75, 3.05) is 45.9 Å². The third-order valence-corrected chi connectivity index (χ3v) is 7.28. The zero-order valence-electron chi connectivity index (χ0n) is 20.6. The maximum Gasteiger partial charge on any atom is 0.329 e. The van der Waals surface area contributed by atoms with Crippen molar-refractivity contribution in [3.8, 4) is 5.75 Å². The number of rotatable bonds is 6. The fourth-order valence-corrected chi connectivity index (χ4v) is 5.24. The van der Waals surface area contributed by atoms with Gasteiger partial charge in [-0.25, -0.2) is 4.79 Å². The number of carbonyl (C=O) groups is 3. The van der Waals surface area contributed by atoms with Crippen LogP contribution in [-0.4, -0.2) is 84.5 Å². The molecular weight excluding hydrogens is 458 g/mol. The van der Waals surface area contributed by atoms with Crippen molar-refractivity contribution in [2.24, 2.45) is 0 Å². The van der Waals surface area contributed by atoms with Gasteiger partial charge in [-0.3, -0.25) is 14.5 Å². The van der Waals surface area contributed by atoms with E-state index in [1.165, 1.54) is 11.1 Å². The lowest BCUT2D eigenvalue weighted by Gasteiger charge is -2.35. The summed E-state index contributed by atoms with van der Waals surface area (Å²) >= 11 is 0. The Labute approximate surface area is 211 Å². The van der Waals surface area contributed by atoms with E-state index in [0.29, 0.717) is 31.6 Å². The van der Waals surface area contributed by atoms with Crippen LogP contribution < -0.4 is 4.74 Å². The Hall–Kier alpha value is -3.39. The Bertz CT molecular complexity index is 1100. The van der Waals surface area contributed by atoms with Crippen molar-refractivity contribution in [1.29, 1.82) is 0 Å². The van der Waals surface area contributed by atoms with Gasteiger partial charge in [0, 0.05) is 51.3 Å². The first-order valence-electron chi connectivity index (χ1n) is 12.9. The summed E-state index contributed by atoms with van der Waals surface area (Å²) in [7, 11) is 0. The number of ether oxygens (including phenoxy) is 2. The van der Waals surface area contributed by atoms with Crippen LogP contribution in [0.25, 0.3) is 0 Å². The Balaban J connectivity index is 1.09. The Morgan fingerprint density at radius 2 is 1.75 bits per heavy atom. The first kappa shape index (κ1) is 24.3. The van der Waals surface area contributed by atoms with Gasteiger partial charge in [-0.15, -0.1) is 0 Å². The molecule has 0 radical (unpaired) electrons. The minimum absolute atomic E-state index is 0.171. The molecule has 2 fully saturated rings. The van der Waals surface area contributed by atoms with E-state index in [1.807, 2.05) is 24.3 Å². The molecule has 3 aliphatic rings. The molecule has 8 nitrogen and oxygen atoms in total. The number of piperidine rings is 1. The highest BCUT2D eigenvalue weighted by Crippen LogP contribution is 2.26. The van der Waals surface area contributed by atoms with Gasteiger partial charge in [0.15, 0.2) is 6.61 Å². The second-order valence-electron chi connectivity index (χ2n) is 9.68. The molecule has 0 aliphatic carbocycles. The van der Waals surface area contributed by atoms with Crippen molar-refractivity contribution in [1.82, 2.24) is 14.7 Å². The standard InChI is InChI=1S/C28H33N3O5/c32-26(30-15-13-29(14-16-30)19-21-9-10-25-23(18-21)11-17-35-25)20-36-28(34)24-8-4-5-12-31(24)27(33)22-6-2-1-3-7-22/h1-3,6-7,9-10,18,24H,4-5,8,11-17,19-20H2. The first-order valence-corrected chi connectivity index (χ1v) is 12.9. The largest absolute Gasteiger partial charge is 0.493 e. The SMILES string of the molecule is O=C(OCC(=O)N1CCN(Cc2ccc3c(c2)CCO3)CC1)C1CCCCN1C(=O)c1ccccc1. The van der Waals surface area contributed by atoms with E-state index in [4.69, 9.17) is 9.47 Å². The van der Waals surface area contributed by atoms with Crippen molar-refractivity contribution < 1.29 is 23.9 Å². The number of likely N-dealkylation sites (tertiary alicyclic amines) is 1. The van der Waals surface area contributed by atoms with Gasteiger partial charge < -0.3 is 19.3 Å². The summed E-state index contributed by atoms with van der Waals surface area (Å²) < 4.78 is 11.0. The average molecular weight is 492 g/mol. The van der Waals surface area contributed by atoms with Crippen molar-refractivity contribution in [3.05, 3.63) is 65.2 Å². The number of amides is 2. The van der Waals surface area contributed by atoms with Crippen LogP contribution in [0.4, 0.5) is 0 Å². The summed E-state index contributed by atoms with van der Waals surface area (Å²) in [5.41, 5.74) is 3.08. The normalized spacial score (nSPS) is 19.9. The van der Waals surface area contributed by atoms with Crippen LogP contribution in [0, 0.1) is 0 Å². The summed E-state index contributed by atoms with van der Waals surface area (Å²) in [5, 5.41) is 0. The minimum Gasteiger partial charge on any atom is -0.493 e. The van der Waals surface area contributed by atoms with E-state index in [1.54, 1.807) is 21.9 Å². The lowest BCUT2D eigenvalue weighted by Crippen LogP contribution is -2.51. The number of esters is 1. The fraction of sp³-hybridized carbons (Fsp3) is 0.464. The second kappa shape index (κ2) is 11.1. The molecule has 190 valence electrons. The van der Waals surface area contributed by atoms with Gasteiger partial charge in [-0.2, -0.15) is 0 Å². The first-order chi connectivity index (χ1) is 17.6. The summed E-state index contributed by atoms with van der Waals surface area (Å²) in [6.45, 7) is 4.58. The third-order valence-electron chi connectivity index (χ3n) is 7.28. The lowest BCUT2D eigenvalue weighted by molar-refractivity contribution is -0.157. The second-order valence-corrected chi connectivity index (χ2v) is 9.68. The van der Waals surface area contributed by atoms with Gasteiger partial charge in [0.1, 0.15) is 11.8 Å². The smallest absolute Gasteiger partial charge is 0.329 e. The van der Waals surface area contributed by atoms with Crippen molar-refractivity contribution in [3.63, 3.8) is 0 Å². The molecule has 2 aromatic rings. The van der Waals surface area contributed by atoms with Crippen LogP contribution in [0.1, 0.15) is 40.7 Å². The predicted octanol–water partition coefficient (Wildman–Crippen LogP) is 2.50. The molecule has 0 saturated carbocycles. The van der Waals surface area contributed by atoms with E-state index < -0.39 is 12.0 Å². The number of fused-ring (bicyclic) bond motifs is 1. The van der Waals surface area contributed by atoms with E-state index in [0.717, 1.165) is 51.3 Å². The molecule has 0 bridgehead atoms. The molecule has 2 amide bonds. The molecule has 2 aromatic carbocycles. The number of nitrogens with zero attached hydrogens (tertiary/aromatic N) is 3. The van der Waals surface area contributed by atoms with Gasteiger partial charge in [0.25, 0.3) is 11.8 Å². The molecule has 5 rings (SSSR count). The van der Waals surface area contributed by atoms with Crippen LogP contribution in [0.3, 0.4) is 0 Å². The summed E-state index contributed by atoms with van der Waals surface area (Å²) in [6.07, 6.45) is 3.22. The molecule has 0 N–H and O–H groups in total. The quantitative estimate of drug-likeness (QED) is 0.578. The molecule has 3 aliphatic heterocycles. The molecule has 1 unspecified atom stereocenters. The number of carbonyl (C=O) groups excluding carboxylic acids is 3. The van der Waals surface area contributed by atoms with E-state index in [9.17, 15) is 14.4 Å². The third kappa shape index (κ3) is 5.54. The summed E-state index contributed by atoms with van der Waals surface area (Å²) in [5.74, 6) is 0.140. The highest BCUT2D eigenvalue weighted by Gasteiger charge is 2.34. The maximum atomic E-state index is 12.9. The van der Waals surface area contributed by atoms with Crippen molar-refractivity contribution in [2.45, 2.75) is 38.3 Å². The zero-order chi connectivity index (χ0) is 24.9. The number of benzene rings is 2. The highest BCUT2D eigenvalue weighted by atomic mass is 16.5. The molecule has 8 heteroatoms. The van der Waals surface area contributed by atoms with Gasteiger partial charge >= 0.3 is 5.97 Å². The number of piperazine rings is 1. The number of hydrogen-bond donors (Lipinski definition) is 0. The highest BCUT2D eigenvalue weighted by molar-refractivity contribution is 5.97. The molecule has 0 aromatic heterocycles. The van der Waals surface area contributed by atoms with Gasteiger partial charge in [0.05, 0.1) is 6.61 Å². The molecule has 1 atom stereocenters. The molecule has 2 saturated heterocycles. The molecule has 36 heavy (non-hydrogen) atoms. The van der Waals surface area contributed by atoms with E-state index in [2.05, 4.69) is 17.0 Å². The summed E-state index contributed by atoms with van der Waals surface area (Å²) in [4.78, 5) is 44.3. The van der Waals surface area contributed by atoms with Gasteiger partial charge in [0.2, 0.25) is 0 Å². The zero-order valence-corrected chi connectivity index (χ0v) is 20.6. The maximum absolute atomic E-state index is 12.9. The minimum atomic E-state index is -0.645. The predicted molar refractivity (Wildman–Crippen MR) is 134 cm³/mol. The Kier molecular flexibility index (Phi) is 7.51. The van der Waals surface area contributed by atoms with Crippen molar-refractivity contribution >= 4 is 17.8 Å². The average Bonchev–Trinajstić information content (AvgIpc) is 3.40. The van der Waals surface area contributed by atoms with Crippen LogP contribution in [-0.2, 0) is 27.3 Å². The van der Waals surface area contributed by atoms with Crippen LogP contribution >= 0.6 is 0 Å². The van der Waals surface area contributed by atoms with Gasteiger partial charge in [-0.05, 0) is 48.6 Å². The lowest BCUT2D eigenvalue weighted by atomic mass is 10.0. The Morgan fingerprint density at radius 1 is 0.944 bits per heavy atom. The topological polar surface area (TPSA) is 79.4 Å². The molecular formula is C28H33N3O5. The number of hydrogen-bond acceptors (Lipinski definition) is 6. The van der Waals surface area contributed by atoms with Gasteiger partial charge in [-0.1, -0.05) is 30.3 Å². The molecule has 3 heterocycles. The summed E-state index contributed by atoms with van der Waals surface area (Å²) in [6, 6.07) is 14.7. The fourth-order valence-electron chi connectivity index (χ4n) is 5.24. The van der Waals surface area contributed by atoms with Crippen LogP contribution in [0.5, 0.6) is 5.75 Å². The molecule has 0 spiro atoms. The Morgan fingerprint density at radius 3 is 2.56 bits per heavy atom.